The van der Waals surface area contributed by atoms with Gasteiger partial charge in [-0.1, -0.05) is 0 Å². The highest BCUT2D eigenvalue weighted by Crippen LogP contribution is 2.28. The Morgan fingerprint density at radius 2 is 1.89 bits per heavy atom. The zero-order valence-electron chi connectivity index (χ0n) is 10.3. The van der Waals surface area contributed by atoms with Gasteiger partial charge in [0.15, 0.2) is 0 Å². The van der Waals surface area contributed by atoms with E-state index in [1.807, 2.05) is 12.1 Å². The molecular formula is C14H13BrF2N2. The minimum Gasteiger partial charge on any atom is -0.313 e. The van der Waals surface area contributed by atoms with E-state index in [-0.39, 0.29) is 10.0 Å². The number of hydrogen-bond donors (Lipinski definition) is 1. The van der Waals surface area contributed by atoms with E-state index in [1.165, 1.54) is 12.1 Å². The monoisotopic (exact) mass is 326 g/mol. The molecular weight excluding hydrogens is 314 g/mol. The second-order valence-corrected chi connectivity index (χ2v) is 5.01. The third-order valence-corrected chi connectivity index (χ3v) is 3.58. The number of benzene rings is 1. The van der Waals surface area contributed by atoms with Crippen molar-refractivity contribution in [1.29, 1.82) is 0 Å². The van der Waals surface area contributed by atoms with Crippen molar-refractivity contribution in [3.63, 3.8) is 0 Å². The van der Waals surface area contributed by atoms with Crippen molar-refractivity contribution >= 4 is 15.9 Å². The zero-order valence-corrected chi connectivity index (χ0v) is 11.9. The average Bonchev–Trinajstić information content (AvgIpc) is 2.43. The van der Waals surface area contributed by atoms with E-state index < -0.39 is 17.7 Å². The number of halogens is 3. The lowest BCUT2D eigenvalue weighted by atomic mass is 9.98. The van der Waals surface area contributed by atoms with Crippen LogP contribution < -0.4 is 5.32 Å². The lowest BCUT2D eigenvalue weighted by molar-refractivity contribution is 0.486. The van der Waals surface area contributed by atoms with Gasteiger partial charge < -0.3 is 5.32 Å². The molecule has 1 heterocycles. The van der Waals surface area contributed by atoms with Crippen LogP contribution in [0.2, 0.25) is 0 Å². The van der Waals surface area contributed by atoms with Gasteiger partial charge in [0.25, 0.3) is 0 Å². The summed E-state index contributed by atoms with van der Waals surface area (Å²) in [5.41, 5.74) is 1.02. The molecule has 0 radical (unpaired) electrons. The summed E-state index contributed by atoms with van der Waals surface area (Å²) in [5, 5.41) is 2.95. The van der Waals surface area contributed by atoms with Gasteiger partial charge in [-0.05, 0) is 59.2 Å². The maximum absolute atomic E-state index is 14.1. The third kappa shape index (κ3) is 3.16. The molecule has 1 atom stereocenters. The summed E-state index contributed by atoms with van der Waals surface area (Å²) in [6, 6.07) is 5.86. The van der Waals surface area contributed by atoms with Gasteiger partial charge in [0.2, 0.25) is 0 Å². The second-order valence-electron chi connectivity index (χ2n) is 4.16. The molecule has 0 aliphatic heterocycles. The molecule has 1 aromatic heterocycles. The summed E-state index contributed by atoms with van der Waals surface area (Å²) in [5.74, 6) is -1.11. The van der Waals surface area contributed by atoms with Gasteiger partial charge in [0.05, 0.1) is 4.47 Å². The number of rotatable bonds is 4. The van der Waals surface area contributed by atoms with E-state index in [1.54, 1.807) is 19.4 Å². The van der Waals surface area contributed by atoms with Gasteiger partial charge in [-0.2, -0.15) is 0 Å². The van der Waals surface area contributed by atoms with Gasteiger partial charge in [-0.25, -0.2) is 8.78 Å². The van der Waals surface area contributed by atoms with Gasteiger partial charge in [-0.15, -0.1) is 0 Å². The minimum absolute atomic E-state index is 0.0497. The molecule has 0 saturated heterocycles. The fraction of sp³-hybridized carbons (Fsp3) is 0.214. The Kier molecular flexibility index (Phi) is 4.61. The first kappa shape index (κ1) is 14.1. The van der Waals surface area contributed by atoms with Crippen LogP contribution in [0.25, 0.3) is 0 Å². The molecule has 5 heteroatoms. The molecule has 1 unspecified atom stereocenters. The maximum Gasteiger partial charge on any atom is 0.145 e. The predicted octanol–water partition coefficient (Wildman–Crippen LogP) is 3.63. The maximum atomic E-state index is 14.1. The summed E-state index contributed by atoms with van der Waals surface area (Å²) >= 11 is 3.08. The normalized spacial score (nSPS) is 12.4. The molecule has 0 saturated carbocycles. The zero-order chi connectivity index (χ0) is 13.8. The Hall–Kier alpha value is -1.33. The van der Waals surface area contributed by atoms with Crippen LogP contribution in [0.4, 0.5) is 8.78 Å². The van der Waals surface area contributed by atoms with Crippen LogP contribution in [0.1, 0.15) is 17.2 Å². The van der Waals surface area contributed by atoms with Crippen LogP contribution >= 0.6 is 15.9 Å². The topological polar surface area (TPSA) is 24.9 Å². The highest BCUT2D eigenvalue weighted by Gasteiger charge is 2.21. The van der Waals surface area contributed by atoms with Crippen molar-refractivity contribution in [2.45, 2.75) is 12.5 Å². The first-order chi connectivity index (χ1) is 9.13. The molecule has 1 aromatic carbocycles. The van der Waals surface area contributed by atoms with Crippen LogP contribution in [0.3, 0.4) is 0 Å². The average molecular weight is 327 g/mol. The van der Waals surface area contributed by atoms with E-state index in [9.17, 15) is 8.78 Å². The Balaban J connectivity index is 2.35. The Bertz CT molecular complexity index is 561. The molecule has 2 rings (SSSR count). The van der Waals surface area contributed by atoms with Crippen LogP contribution in [0, 0.1) is 11.6 Å². The number of pyridine rings is 1. The molecule has 100 valence electrons. The van der Waals surface area contributed by atoms with Crippen LogP contribution in [0.15, 0.2) is 41.1 Å². The van der Waals surface area contributed by atoms with Gasteiger partial charge >= 0.3 is 0 Å². The van der Waals surface area contributed by atoms with E-state index >= 15 is 0 Å². The largest absolute Gasteiger partial charge is 0.313 e. The highest BCUT2D eigenvalue weighted by molar-refractivity contribution is 9.10. The van der Waals surface area contributed by atoms with Crippen molar-refractivity contribution in [3.05, 3.63) is 63.9 Å². The number of aromatic nitrogens is 1. The van der Waals surface area contributed by atoms with E-state index in [2.05, 4.69) is 26.2 Å². The molecule has 0 aliphatic carbocycles. The number of hydrogen-bond acceptors (Lipinski definition) is 2. The fourth-order valence-electron chi connectivity index (χ4n) is 1.97. The molecule has 19 heavy (non-hydrogen) atoms. The molecule has 2 nitrogen and oxygen atoms in total. The Morgan fingerprint density at radius 3 is 2.53 bits per heavy atom. The number of nitrogens with zero attached hydrogens (tertiary/aromatic N) is 1. The van der Waals surface area contributed by atoms with E-state index in [0.717, 1.165) is 5.56 Å². The predicted molar refractivity (Wildman–Crippen MR) is 73.8 cm³/mol. The fourth-order valence-corrected chi connectivity index (χ4v) is 2.31. The SMILES string of the molecule is CNC(Cc1ccncc1)c1c(F)ccc(Br)c1F. The molecule has 2 aromatic rings. The van der Waals surface area contributed by atoms with Crippen molar-refractivity contribution in [2.75, 3.05) is 7.05 Å². The van der Waals surface area contributed by atoms with Gasteiger partial charge in [-0.3, -0.25) is 4.98 Å². The quantitative estimate of drug-likeness (QED) is 0.868. The lowest BCUT2D eigenvalue weighted by Gasteiger charge is -2.18. The third-order valence-electron chi connectivity index (χ3n) is 2.97. The molecule has 0 aliphatic rings. The van der Waals surface area contributed by atoms with Crippen molar-refractivity contribution in [3.8, 4) is 0 Å². The standard InChI is InChI=1S/C14H13BrF2N2/c1-18-12(8-9-4-6-19-7-5-9)13-11(16)3-2-10(15)14(13)17/h2-7,12,18H,8H2,1H3. The van der Waals surface area contributed by atoms with Crippen LogP contribution in [-0.4, -0.2) is 12.0 Å². The van der Waals surface area contributed by atoms with Crippen molar-refractivity contribution in [1.82, 2.24) is 10.3 Å². The summed E-state index contributed by atoms with van der Waals surface area (Å²) < 4.78 is 28.2. The Labute approximate surface area is 119 Å². The first-order valence-corrected chi connectivity index (χ1v) is 6.62. The number of nitrogens with one attached hydrogen (secondary N) is 1. The summed E-state index contributed by atoms with van der Waals surface area (Å²) in [6.45, 7) is 0. The first-order valence-electron chi connectivity index (χ1n) is 5.83. The van der Waals surface area contributed by atoms with Crippen LogP contribution in [0.5, 0.6) is 0 Å². The molecule has 1 N–H and O–H groups in total. The van der Waals surface area contributed by atoms with Gasteiger partial charge in [0.1, 0.15) is 11.6 Å². The smallest absolute Gasteiger partial charge is 0.145 e. The second kappa shape index (κ2) is 6.21. The highest BCUT2D eigenvalue weighted by atomic mass is 79.9. The summed E-state index contributed by atoms with van der Waals surface area (Å²) in [6.07, 6.45) is 3.81. The molecule has 0 spiro atoms. The molecule has 0 fully saturated rings. The summed E-state index contributed by atoms with van der Waals surface area (Å²) in [7, 11) is 1.69. The lowest BCUT2D eigenvalue weighted by Crippen LogP contribution is -2.21. The van der Waals surface area contributed by atoms with Crippen molar-refractivity contribution in [2.24, 2.45) is 0 Å². The van der Waals surface area contributed by atoms with E-state index in [4.69, 9.17) is 0 Å². The van der Waals surface area contributed by atoms with Gasteiger partial charge in [0, 0.05) is 24.0 Å². The minimum atomic E-state index is -0.562. The number of likely N-dealkylation sites (N-methyl/N-ethyl adjacent to an activating group) is 1. The summed E-state index contributed by atoms with van der Waals surface area (Å²) in [4.78, 5) is 3.92. The van der Waals surface area contributed by atoms with Crippen molar-refractivity contribution < 1.29 is 8.78 Å². The Morgan fingerprint density at radius 1 is 1.21 bits per heavy atom. The van der Waals surface area contributed by atoms with E-state index in [0.29, 0.717) is 6.42 Å². The molecule has 0 amide bonds. The molecule has 0 bridgehead atoms. The van der Waals surface area contributed by atoms with Crippen LogP contribution in [-0.2, 0) is 6.42 Å².